The lowest BCUT2D eigenvalue weighted by Crippen LogP contribution is -2.07. The summed E-state index contributed by atoms with van der Waals surface area (Å²) in [5, 5.41) is 0. The second kappa shape index (κ2) is 5.81. The van der Waals surface area contributed by atoms with E-state index in [-0.39, 0.29) is 17.4 Å². The standard InChI is InChI=1S/C15H16N2O3S/c1-19-12-8-16-13(15(17-12)20-2)14(18)11-7-9-5-3-4-6-10(9)21-11/h7-8H,3-6H2,1-2H3. The molecule has 110 valence electrons. The lowest BCUT2D eigenvalue weighted by atomic mass is 9.99. The molecule has 1 aliphatic carbocycles. The van der Waals surface area contributed by atoms with Crippen LogP contribution in [0.5, 0.6) is 11.8 Å². The molecule has 1 aliphatic rings. The zero-order valence-corrected chi connectivity index (χ0v) is 12.8. The Kier molecular flexibility index (Phi) is 3.88. The predicted molar refractivity (Wildman–Crippen MR) is 79.5 cm³/mol. The molecule has 2 aromatic heterocycles. The molecule has 0 N–H and O–H groups in total. The minimum absolute atomic E-state index is 0.138. The van der Waals surface area contributed by atoms with Gasteiger partial charge in [-0.1, -0.05) is 0 Å². The van der Waals surface area contributed by atoms with Crippen molar-refractivity contribution in [2.24, 2.45) is 0 Å². The van der Waals surface area contributed by atoms with E-state index in [1.165, 1.54) is 43.7 Å². The van der Waals surface area contributed by atoms with Crippen molar-refractivity contribution < 1.29 is 14.3 Å². The monoisotopic (exact) mass is 304 g/mol. The number of nitrogens with zero attached hydrogens (tertiary/aromatic N) is 2. The summed E-state index contributed by atoms with van der Waals surface area (Å²) in [7, 11) is 2.97. The zero-order valence-electron chi connectivity index (χ0n) is 12.0. The molecule has 0 spiro atoms. The highest BCUT2D eigenvalue weighted by Gasteiger charge is 2.23. The van der Waals surface area contributed by atoms with Crippen molar-refractivity contribution in [3.63, 3.8) is 0 Å². The Morgan fingerprint density at radius 2 is 2.05 bits per heavy atom. The van der Waals surface area contributed by atoms with Crippen LogP contribution in [-0.2, 0) is 12.8 Å². The molecule has 6 heteroatoms. The molecular formula is C15H16N2O3S. The summed E-state index contributed by atoms with van der Waals surface area (Å²) in [5.41, 5.74) is 1.53. The number of carbonyl (C=O) groups is 1. The Morgan fingerprint density at radius 3 is 2.76 bits per heavy atom. The Bertz CT molecular complexity index is 658. The van der Waals surface area contributed by atoms with Gasteiger partial charge >= 0.3 is 0 Å². The predicted octanol–water partition coefficient (Wildman–Crippen LogP) is 2.67. The van der Waals surface area contributed by atoms with Crippen molar-refractivity contribution in [2.75, 3.05) is 14.2 Å². The van der Waals surface area contributed by atoms with E-state index >= 15 is 0 Å². The first-order chi connectivity index (χ1) is 10.2. The van der Waals surface area contributed by atoms with Crippen LogP contribution in [0.2, 0.25) is 0 Å². The van der Waals surface area contributed by atoms with Crippen LogP contribution in [0.25, 0.3) is 0 Å². The molecule has 2 heterocycles. The summed E-state index contributed by atoms with van der Waals surface area (Å²) in [4.78, 5) is 22.9. The second-order valence-electron chi connectivity index (χ2n) is 4.87. The largest absolute Gasteiger partial charge is 0.480 e. The molecule has 2 aromatic rings. The molecular weight excluding hydrogens is 288 g/mol. The number of fused-ring (bicyclic) bond motifs is 1. The Hall–Kier alpha value is -1.95. The number of thiophene rings is 1. The maximum atomic E-state index is 12.6. The minimum atomic E-state index is -0.138. The first-order valence-electron chi connectivity index (χ1n) is 6.84. The number of ketones is 1. The van der Waals surface area contributed by atoms with Crippen LogP contribution in [0.1, 0.15) is 38.6 Å². The summed E-state index contributed by atoms with van der Waals surface area (Å²) in [5.74, 6) is 0.390. The topological polar surface area (TPSA) is 61.3 Å². The van der Waals surface area contributed by atoms with Crippen molar-refractivity contribution in [3.05, 3.63) is 33.3 Å². The smallest absolute Gasteiger partial charge is 0.247 e. The summed E-state index contributed by atoms with van der Waals surface area (Å²) >= 11 is 1.56. The van der Waals surface area contributed by atoms with E-state index < -0.39 is 0 Å². The van der Waals surface area contributed by atoms with Crippen LogP contribution in [0.15, 0.2) is 12.3 Å². The van der Waals surface area contributed by atoms with E-state index in [0.717, 1.165) is 12.8 Å². The molecule has 0 amide bonds. The number of aryl methyl sites for hydroxylation is 2. The fourth-order valence-electron chi connectivity index (χ4n) is 2.47. The van der Waals surface area contributed by atoms with Gasteiger partial charge in [-0.25, -0.2) is 4.98 Å². The van der Waals surface area contributed by atoms with Gasteiger partial charge < -0.3 is 9.47 Å². The fraction of sp³-hybridized carbons (Fsp3) is 0.400. The quantitative estimate of drug-likeness (QED) is 0.813. The fourth-order valence-corrected chi connectivity index (χ4v) is 3.67. The van der Waals surface area contributed by atoms with Gasteiger partial charge in [-0.2, -0.15) is 4.98 Å². The van der Waals surface area contributed by atoms with E-state index in [1.807, 2.05) is 6.07 Å². The average molecular weight is 304 g/mol. The van der Waals surface area contributed by atoms with Crippen LogP contribution in [0.4, 0.5) is 0 Å². The number of rotatable bonds is 4. The number of methoxy groups -OCH3 is 2. The number of hydrogen-bond acceptors (Lipinski definition) is 6. The van der Waals surface area contributed by atoms with Gasteiger partial charge in [-0.3, -0.25) is 4.79 Å². The molecule has 0 atom stereocenters. The molecule has 0 aromatic carbocycles. The van der Waals surface area contributed by atoms with E-state index in [0.29, 0.717) is 10.8 Å². The van der Waals surface area contributed by atoms with Gasteiger partial charge in [0.15, 0.2) is 5.69 Å². The van der Waals surface area contributed by atoms with Gasteiger partial charge in [-0.15, -0.1) is 11.3 Å². The van der Waals surface area contributed by atoms with Gasteiger partial charge in [0.25, 0.3) is 0 Å². The van der Waals surface area contributed by atoms with E-state index in [4.69, 9.17) is 9.47 Å². The summed E-state index contributed by atoms with van der Waals surface area (Å²) in [6, 6.07) is 1.99. The molecule has 0 bridgehead atoms. The normalized spacial score (nSPS) is 13.6. The Labute approximate surface area is 127 Å². The lowest BCUT2D eigenvalue weighted by molar-refractivity contribution is 0.103. The Morgan fingerprint density at radius 1 is 1.24 bits per heavy atom. The molecule has 0 unspecified atom stereocenters. The van der Waals surface area contributed by atoms with Crippen molar-refractivity contribution in [2.45, 2.75) is 25.7 Å². The number of ether oxygens (including phenoxy) is 2. The first-order valence-corrected chi connectivity index (χ1v) is 7.66. The highest BCUT2D eigenvalue weighted by molar-refractivity contribution is 7.14. The maximum absolute atomic E-state index is 12.6. The Balaban J connectivity index is 1.96. The van der Waals surface area contributed by atoms with Crippen molar-refractivity contribution in [1.29, 1.82) is 0 Å². The van der Waals surface area contributed by atoms with Crippen LogP contribution in [0, 0.1) is 0 Å². The molecule has 0 saturated carbocycles. The van der Waals surface area contributed by atoms with Gasteiger partial charge in [0.1, 0.15) is 0 Å². The first kappa shape index (κ1) is 14.0. The maximum Gasteiger partial charge on any atom is 0.247 e. The van der Waals surface area contributed by atoms with Crippen LogP contribution >= 0.6 is 11.3 Å². The SMILES string of the molecule is COc1cnc(C(=O)c2cc3c(s2)CCCC3)c(OC)n1. The van der Waals surface area contributed by atoms with Gasteiger partial charge in [-0.05, 0) is 37.3 Å². The number of aromatic nitrogens is 2. The van der Waals surface area contributed by atoms with Crippen LogP contribution in [0.3, 0.4) is 0 Å². The van der Waals surface area contributed by atoms with E-state index in [9.17, 15) is 4.79 Å². The lowest BCUT2D eigenvalue weighted by Gasteiger charge is -2.08. The second-order valence-corrected chi connectivity index (χ2v) is 6.00. The highest BCUT2D eigenvalue weighted by atomic mass is 32.1. The van der Waals surface area contributed by atoms with Crippen molar-refractivity contribution in [3.8, 4) is 11.8 Å². The van der Waals surface area contributed by atoms with Crippen molar-refractivity contribution >= 4 is 17.1 Å². The molecule has 21 heavy (non-hydrogen) atoms. The van der Waals surface area contributed by atoms with E-state index in [2.05, 4.69) is 9.97 Å². The average Bonchev–Trinajstić information content (AvgIpc) is 2.97. The molecule has 0 saturated heterocycles. The third-order valence-corrected chi connectivity index (χ3v) is 4.79. The summed E-state index contributed by atoms with van der Waals surface area (Å²) in [6.45, 7) is 0. The van der Waals surface area contributed by atoms with Gasteiger partial charge in [0, 0.05) is 4.88 Å². The molecule has 0 radical (unpaired) electrons. The zero-order chi connectivity index (χ0) is 14.8. The van der Waals surface area contributed by atoms with Crippen molar-refractivity contribution in [1.82, 2.24) is 9.97 Å². The van der Waals surface area contributed by atoms with Gasteiger partial charge in [0.2, 0.25) is 17.5 Å². The minimum Gasteiger partial charge on any atom is -0.480 e. The highest BCUT2D eigenvalue weighted by Crippen LogP contribution is 2.31. The number of hydrogen-bond donors (Lipinski definition) is 0. The molecule has 0 aliphatic heterocycles. The van der Waals surface area contributed by atoms with E-state index in [1.54, 1.807) is 11.3 Å². The third-order valence-electron chi connectivity index (χ3n) is 3.56. The summed E-state index contributed by atoms with van der Waals surface area (Å²) in [6.07, 6.45) is 5.96. The van der Waals surface area contributed by atoms with Crippen LogP contribution < -0.4 is 9.47 Å². The summed E-state index contributed by atoms with van der Waals surface area (Å²) < 4.78 is 10.2. The van der Waals surface area contributed by atoms with Crippen LogP contribution in [-0.4, -0.2) is 30.0 Å². The number of carbonyl (C=O) groups excluding carboxylic acids is 1. The van der Waals surface area contributed by atoms with Gasteiger partial charge in [0.05, 0.1) is 25.3 Å². The third kappa shape index (κ3) is 2.63. The molecule has 5 nitrogen and oxygen atoms in total. The molecule has 3 rings (SSSR count). The molecule has 0 fully saturated rings.